The number of esters is 1. The van der Waals surface area contributed by atoms with Gasteiger partial charge in [-0.15, -0.1) is 0 Å². The lowest BCUT2D eigenvalue weighted by molar-refractivity contribution is -0.191. The number of nitrogens with zero attached hydrogens (tertiary/aromatic N) is 1. The molecule has 2 aliphatic rings. The second-order valence-corrected chi connectivity index (χ2v) is 6.42. The average Bonchev–Trinajstić information content (AvgIpc) is 3.07. The van der Waals surface area contributed by atoms with Crippen molar-refractivity contribution in [1.29, 1.82) is 0 Å². The fourth-order valence-electron chi connectivity index (χ4n) is 3.47. The molecule has 5 unspecified atom stereocenters. The number of aliphatic hydroxyl groups is 3. The molecule has 0 aromatic rings. The van der Waals surface area contributed by atoms with Crippen molar-refractivity contribution in [3.8, 4) is 0 Å². The van der Waals surface area contributed by atoms with Crippen molar-refractivity contribution in [2.75, 3.05) is 19.7 Å². The van der Waals surface area contributed by atoms with Crippen LogP contribution in [0.15, 0.2) is 11.6 Å². The van der Waals surface area contributed by atoms with Gasteiger partial charge in [-0.3, -0.25) is 4.90 Å². The van der Waals surface area contributed by atoms with Crippen LogP contribution in [0.2, 0.25) is 0 Å². The minimum absolute atomic E-state index is 0.0543. The molecule has 5 atom stereocenters. The summed E-state index contributed by atoms with van der Waals surface area (Å²) in [5.41, 5.74) is -1.04. The van der Waals surface area contributed by atoms with E-state index in [2.05, 4.69) is 4.90 Å². The maximum absolute atomic E-state index is 12.5. The predicted molar refractivity (Wildman–Crippen MR) is 81.1 cm³/mol. The van der Waals surface area contributed by atoms with Crippen molar-refractivity contribution >= 4 is 5.97 Å². The van der Waals surface area contributed by atoms with E-state index in [1.54, 1.807) is 6.92 Å². The maximum atomic E-state index is 12.5. The Hall–Kier alpha value is -0.950. The molecule has 0 bridgehead atoms. The summed E-state index contributed by atoms with van der Waals surface area (Å²) >= 11 is 0. The Labute approximate surface area is 131 Å². The van der Waals surface area contributed by atoms with Crippen molar-refractivity contribution < 1.29 is 24.9 Å². The number of ether oxygens (including phenoxy) is 1. The first-order valence-electron chi connectivity index (χ1n) is 8.01. The zero-order valence-corrected chi connectivity index (χ0v) is 13.5. The fraction of sp³-hybridized carbons (Fsp3) is 0.812. The van der Waals surface area contributed by atoms with Crippen LogP contribution in [0.5, 0.6) is 0 Å². The molecule has 6 nitrogen and oxygen atoms in total. The molecule has 2 heterocycles. The highest BCUT2D eigenvalue weighted by Gasteiger charge is 2.50. The molecule has 126 valence electrons. The minimum Gasteiger partial charge on any atom is -0.458 e. The summed E-state index contributed by atoms with van der Waals surface area (Å²) in [4.78, 5) is 14.7. The van der Waals surface area contributed by atoms with Crippen molar-refractivity contribution in [2.45, 2.75) is 57.5 Å². The number of carbonyl (C=O) groups excluding carboxylic acids is 1. The van der Waals surface area contributed by atoms with Crippen molar-refractivity contribution in [1.82, 2.24) is 4.90 Å². The van der Waals surface area contributed by atoms with E-state index in [0.717, 1.165) is 18.7 Å². The first-order chi connectivity index (χ1) is 10.4. The Balaban J connectivity index is 2.12. The molecule has 1 saturated heterocycles. The minimum atomic E-state index is -1.90. The molecular weight excluding hydrogens is 286 g/mol. The van der Waals surface area contributed by atoms with Crippen molar-refractivity contribution in [2.24, 2.45) is 5.92 Å². The van der Waals surface area contributed by atoms with E-state index in [4.69, 9.17) is 4.74 Å². The van der Waals surface area contributed by atoms with E-state index in [-0.39, 0.29) is 18.8 Å². The summed E-state index contributed by atoms with van der Waals surface area (Å²) in [6, 6.07) is -0.107. The Morgan fingerprint density at radius 3 is 2.77 bits per heavy atom. The monoisotopic (exact) mass is 313 g/mol. The number of hydrogen-bond acceptors (Lipinski definition) is 6. The Morgan fingerprint density at radius 1 is 1.55 bits per heavy atom. The van der Waals surface area contributed by atoms with Gasteiger partial charge in [0.05, 0.1) is 18.8 Å². The van der Waals surface area contributed by atoms with Gasteiger partial charge in [-0.1, -0.05) is 26.3 Å². The molecule has 0 amide bonds. The SMILES string of the molecule is CCC(C)C(O)(C(=O)OC1CCN2CC=C(CO)C12)C(C)O. The third-order valence-corrected chi connectivity index (χ3v) is 5.18. The summed E-state index contributed by atoms with van der Waals surface area (Å²) in [5.74, 6) is -1.18. The van der Waals surface area contributed by atoms with Gasteiger partial charge in [-0.05, 0) is 24.8 Å². The van der Waals surface area contributed by atoms with E-state index < -0.39 is 23.6 Å². The van der Waals surface area contributed by atoms with E-state index in [1.807, 2.05) is 13.0 Å². The van der Waals surface area contributed by atoms with Gasteiger partial charge in [0.25, 0.3) is 0 Å². The first-order valence-corrected chi connectivity index (χ1v) is 8.01. The Morgan fingerprint density at radius 2 is 2.23 bits per heavy atom. The van der Waals surface area contributed by atoms with Crippen LogP contribution in [-0.4, -0.2) is 69.7 Å². The topological polar surface area (TPSA) is 90.2 Å². The van der Waals surface area contributed by atoms with Gasteiger partial charge in [0, 0.05) is 13.1 Å². The molecule has 2 aliphatic heterocycles. The molecule has 0 aromatic carbocycles. The van der Waals surface area contributed by atoms with Crippen LogP contribution < -0.4 is 0 Å². The van der Waals surface area contributed by atoms with Crippen molar-refractivity contribution in [3.63, 3.8) is 0 Å². The van der Waals surface area contributed by atoms with Crippen LogP contribution in [-0.2, 0) is 9.53 Å². The molecular formula is C16H27NO5. The average molecular weight is 313 g/mol. The smallest absolute Gasteiger partial charge is 0.341 e. The number of rotatable bonds is 6. The van der Waals surface area contributed by atoms with Gasteiger partial charge < -0.3 is 20.1 Å². The lowest BCUT2D eigenvalue weighted by Gasteiger charge is -2.35. The van der Waals surface area contributed by atoms with Gasteiger partial charge in [0.15, 0.2) is 5.60 Å². The molecule has 22 heavy (non-hydrogen) atoms. The van der Waals surface area contributed by atoms with Crippen LogP contribution in [0, 0.1) is 5.92 Å². The van der Waals surface area contributed by atoms with Crippen LogP contribution in [0.3, 0.4) is 0 Å². The van der Waals surface area contributed by atoms with E-state index in [9.17, 15) is 20.1 Å². The number of fused-ring (bicyclic) bond motifs is 1. The normalized spacial score (nSPS) is 30.4. The van der Waals surface area contributed by atoms with Gasteiger partial charge in [0.1, 0.15) is 6.10 Å². The standard InChI is InChI=1S/C16H27NO5/c1-4-10(2)16(21,11(3)19)15(20)22-13-6-8-17-7-5-12(9-18)14(13)17/h5,10-11,13-14,18-19,21H,4,6-9H2,1-3H3. The molecule has 0 radical (unpaired) electrons. The third-order valence-electron chi connectivity index (χ3n) is 5.18. The lowest BCUT2D eigenvalue weighted by atomic mass is 9.82. The number of hydrogen-bond donors (Lipinski definition) is 3. The Kier molecular flexibility index (Phi) is 5.27. The summed E-state index contributed by atoms with van der Waals surface area (Å²) in [5, 5.41) is 30.0. The van der Waals surface area contributed by atoms with E-state index in [1.165, 1.54) is 6.92 Å². The van der Waals surface area contributed by atoms with Crippen LogP contribution in [0.25, 0.3) is 0 Å². The lowest BCUT2D eigenvalue weighted by Crippen LogP contribution is -2.55. The van der Waals surface area contributed by atoms with Crippen LogP contribution in [0.1, 0.15) is 33.6 Å². The number of aliphatic hydroxyl groups excluding tert-OH is 2. The highest BCUT2D eigenvalue weighted by Crippen LogP contribution is 2.33. The summed E-state index contributed by atoms with van der Waals surface area (Å²) < 4.78 is 5.56. The molecule has 0 aromatic heterocycles. The molecule has 0 aliphatic carbocycles. The van der Waals surface area contributed by atoms with Crippen LogP contribution >= 0.6 is 0 Å². The third kappa shape index (κ3) is 2.80. The highest BCUT2D eigenvalue weighted by molar-refractivity contribution is 5.80. The molecule has 0 saturated carbocycles. The fourth-order valence-corrected chi connectivity index (χ4v) is 3.47. The van der Waals surface area contributed by atoms with E-state index in [0.29, 0.717) is 12.8 Å². The van der Waals surface area contributed by atoms with Gasteiger partial charge >= 0.3 is 5.97 Å². The summed E-state index contributed by atoms with van der Waals surface area (Å²) in [6.07, 6.45) is 1.59. The molecule has 2 rings (SSSR count). The van der Waals surface area contributed by atoms with Gasteiger partial charge in [0.2, 0.25) is 0 Å². The largest absolute Gasteiger partial charge is 0.458 e. The molecule has 6 heteroatoms. The Bertz CT molecular complexity index is 450. The maximum Gasteiger partial charge on any atom is 0.341 e. The van der Waals surface area contributed by atoms with E-state index >= 15 is 0 Å². The molecule has 0 spiro atoms. The van der Waals surface area contributed by atoms with Gasteiger partial charge in [-0.2, -0.15) is 0 Å². The highest BCUT2D eigenvalue weighted by atomic mass is 16.6. The van der Waals surface area contributed by atoms with Crippen LogP contribution in [0.4, 0.5) is 0 Å². The second-order valence-electron chi connectivity index (χ2n) is 6.42. The second kappa shape index (κ2) is 6.66. The number of carbonyl (C=O) groups is 1. The van der Waals surface area contributed by atoms with Gasteiger partial charge in [-0.25, -0.2) is 4.79 Å². The summed E-state index contributed by atoms with van der Waals surface area (Å²) in [7, 11) is 0. The van der Waals surface area contributed by atoms with Crippen molar-refractivity contribution in [3.05, 3.63) is 11.6 Å². The quantitative estimate of drug-likeness (QED) is 0.475. The zero-order chi connectivity index (χ0) is 16.5. The first kappa shape index (κ1) is 17.4. The zero-order valence-electron chi connectivity index (χ0n) is 13.5. The summed E-state index contributed by atoms with van der Waals surface area (Å²) in [6.45, 7) is 6.47. The molecule has 1 fully saturated rings. The molecule has 3 N–H and O–H groups in total. The predicted octanol–water partition coefficient (Wildman–Crippen LogP) is 0.0628.